The molecule has 9 nitrogen and oxygen atoms in total. The Labute approximate surface area is 196 Å². The number of nitrogens with one attached hydrogen (secondary N) is 2. The molecular weight excluding hydrogens is 426 g/mol. The fourth-order valence-electron chi connectivity index (χ4n) is 4.74. The highest BCUT2D eigenvalue weighted by molar-refractivity contribution is 7.80. The molecule has 0 saturated carbocycles. The van der Waals surface area contributed by atoms with Gasteiger partial charge in [-0.1, -0.05) is 13.8 Å². The van der Waals surface area contributed by atoms with Crippen molar-refractivity contribution in [2.45, 2.75) is 20.3 Å². The third kappa shape index (κ3) is 6.63. The highest BCUT2D eigenvalue weighted by Gasteiger charge is 2.25. The zero-order chi connectivity index (χ0) is 22.3. The second-order valence-electron chi connectivity index (χ2n) is 9.19. The molecule has 2 N–H and O–H groups in total. The molecular formula is C22H37N7O2S. The van der Waals surface area contributed by atoms with Crippen LogP contribution in [-0.4, -0.2) is 98.8 Å². The molecule has 3 fully saturated rings. The van der Waals surface area contributed by atoms with Crippen molar-refractivity contribution in [3.05, 3.63) is 6.07 Å². The molecule has 4 heterocycles. The van der Waals surface area contributed by atoms with Crippen LogP contribution in [0.5, 0.6) is 0 Å². The zero-order valence-electron chi connectivity index (χ0n) is 19.4. The predicted octanol–water partition coefficient (Wildman–Crippen LogP) is 1.41. The van der Waals surface area contributed by atoms with E-state index in [1.54, 1.807) is 0 Å². The molecule has 1 aromatic heterocycles. The molecule has 0 bridgehead atoms. The second kappa shape index (κ2) is 11.4. The smallest absolute Gasteiger partial charge is 0.232 e. The van der Waals surface area contributed by atoms with Gasteiger partial charge in [0.2, 0.25) is 5.95 Å². The van der Waals surface area contributed by atoms with Crippen molar-refractivity contribution in [2.24, 2.45) is 11.8 Å². The van der Waals surface area contributed by atoms with E-state index in [9.17, 15) is 0 Å². The molecule has 2 atom stereocenters. The normalized spacial score (nSPS) is 24.9. The van der Waals surface area contributed by atoms with Crippen LogP contribution in [0.1, 0.15) is 20.3 Å². The summed E-state index contributed by atoms with van der Waals surface area (Å²) in [5, 5.41) is 7.09. The number of hydrogen-bond acceptors (Lipinski definition) is 8. The maximum atomic E-state index is 5.55. The van der Waals surface area contributed by atoms with Gasteiger partial charge in [-0.25, -0.2) is 0 Å². The maximum absolute atomic E-state index is 5.55. The van der Waals surface area contributed by atoms with Gasteiger partial charge in [0.25, 0.3) is 0 Å². The molecule has 0 aliphatic carbocycles. The van der Waals surface area contributed by atoms with Crippen molar-refractivity contribution in [3.8, 4) is 0 Å². The summed E-state index contributed by atoms with van der Waals surface area (Å²) in [6.07, 6.45) is 1.26. The van der Waals surface area contributed by atoms with Crippen LogP contribution in [0.4, 0.5) is 17.6 Å². The van der Waals surface area contributed by atoms with Crippen LogP contribution in [0.3, 0.4) is 0 Å². The van der Waals surface area contributed by atoms with Crippen LogP contribution in [0, 0.1) is 11.8 Å². The summed E-state index contributed by atoms with van der Waals surface area (Å²) in [4.78, 5) is 16.7. The van der Waals surface area contributed by atoms with Gasteiger partial charge in [-0.15, -0.1) is 0 Å². The fourth-order valence-corrected chi connectivity index (χ4v) is 4.94. The van der Waals surface area contributed by atoms with Crippen molar-refractivity contribution >= 4 is 34.9 Å². The van der Waals surface area contributed by atoms with E-state index < -0.39 is 0 Å². The molecule has 3 aliphatic rings. The number of rotatable bonds is 6. The lowest BCUT2D eigenvalue weighted by Crippen LogP contribution is -2.42. The summed E-state index contributed by atoms with van der Waals surface area (Å²) in [7, 11) is 0. The number of thiocarbonyl (C=S) groups is 1. The van der Waals surface area contributed by atoms with Gasteiger partial charge >= 0.3 is 0 Å². The lowest BCUT2D eigenvalue weighted by molar-refractivity contribution is 0.0389. The summed E-state index contributed by atoms with van der Waals surface area (Å²) in [5.41, 5.74) is 0. The minimum Gasteiger partial charge on any atom is -0.379 e. The minimum atomic E-state index is 0.554. The van der Waals surface area contributed by atoms with Crippen LogP contribution in [-0.2, 0) is 9.47 Å². The number of ether oxygens (including phenoxy) is 2. The number of aromatic nitrogens is 2. The van der Waals surface area contributed by atoms with Gasteiger partial charge in [0.15, 0.2) is 5.11 Å². The first-order valence-corrected chi connectivity index (χ1v) is 12.3. The largest absolute Gasteiger partial charge is 0.379 e. The van der Waals surface area contributed by atoms with E-state index in [4.69, 9.17) is 31.7 Å². The molecule has 178 valence electrons. The van der Waals surface area contributed by atoms with Crippen LogP contribution in [0.2, 0.25) is 0 Å². The number of hydrogen-bond donors (Lipinski definition) is 2. The Kier molecular flexibility index (Phi) is 8.34. The Morgan fingerprint density at radius 1 is 0.969 bits per heavy atom. The highest BCUT2D eigenvalue weighted by Crippen LogP contribution is 2.28. The summed E-state index contributed by atoms with van der Waals surface area (Å²) in [6, 6.07) is 2.12. The monoisotopic (exact) mass is 463 g/mol. The molecule has 3 saturated heterocycles. The predicted molar refractivity (Wildman–Crippen MR) is 132 cm³/mol. The van der Waals surface area contributed by atoms with Gasteiger partial charge < -0.3 is 29.9 Å². The zero-order valence-corrected chi connectivity index (χ0v) is 20.2. The van der Waals surface area contributed by atoms with E-state index in [0.29, 0.717) is 22.9 Å². The summed E-state index contributed by atoms with van der Waals surface area (Å²) >= 11 is 5.55. The molecule has 0 amide bonds. The second-order valence-corrected chi connectivity index (χ2v) is 9.60. The van der Waals surface area contributed by atoms with Crippen LogP contribution >= 0.6 is 12.2 Å². The van der Waals surface area contributed by atoms with Crippen molar-refractivity contribution in [3.63, 3.8) is 0 Å². The Morgan fingerprint density at radius 3 is 2.22 bits per heavy atom. The topological polar surface area (TPSA) is 78.0 Å². The van der Waals surface area contributed by atoms with Crippen molar-refractivity contribution in [2.75, 3.05) is 93.9 Å². The Bertz CT molecular complexity index is 746. The fraction of sp³-hybridized carbons (Fsp3) is 0.773. The average Bonchev–Trinajstić information content (AvgIpc) is 2.79. The number of anilines is 3. The number of nitrogens with zero attached hydrogens (tertiary/aromatic N) is 5. The van der Waals surface area contributed by atoms with Gasteiger partial charge in [0.1, 0.15) is 11.6 Å². The van der Waals surface area contributed by atoms with E-state index in [-0.39, 0.29) is 0 Å². The first-order valence-electron chi connectivity index (χ1n) is 11.9. The molecule has 4 rings (SSSR count). The van der Waals surface area contributed by atoms with E-state index in [2.05, 4.69) is 45.2 Å². The summed E-state index contributed by atoms with van der Waals surface area (Å²) in [5.74, 6) is 3.76. The average molecular weight is 464 g/mol. The SMILES string of the molecule is CC1CC(C)CN(c2cc(N3CCOCC3)nc(NC(=S)NCCN3CCOCC3)n2)C1. The number of piperidine rings is 1. The quantitative estimate of drug-likeness (QED) is 0.605. The van der Waals surface area contributed by atoms with Crippen molar-refractivity contribution in [1.82, 2.24) is 20.2 Å². The first-order chi connectivity index (χ1) is 15.6. The maximum Gasteiger partial charge on any atom is 0.232 e. The van der Waals surface area contributed by atoms with Crippen LogP contribution in [0.25, 0.3) is 0 Å². The molecule has 3 aliphatic heterocycles. The summed E-state index contributed by atoms with van der Waals surface area (Å²) in [6.45, 7) is 15.1. The van der Waals surface area contributed by atoms with Gasteiger partial charge in [-0.2, -0.15) is 9.97 Å². The van der Waals surface area contributed by atoms with E-state index in [0.717, 1.165) is 90.4 Å². The lowest BCUT2D eigenvalue weighted by Gasteiger charge is -2.36. The Balaban J connectivity index is 1.42. The van der Waals surface area contributed by atoms with E-state index in [1.165, 1.54) is 6.42 Å². The van der Waals surface area contributed by atoms with Crippen LogP contribution < -0.4 is 20.4 Å². The summed E-state index contributed by atoms with van der Waals surface area (Å²) < 4.78 is 10.9. The highest BCUT2D eigenvalue weighted by atomic mass is 32.1. The molecule has 0 aromatic carbocycles. The molecule has 2 unspecified atom stereocenters. The van der Waals surface area contributed by atoms with Gasteiger partial charge in [-0.05, 0) is 30.5 Å². The van der Waals surface area contributed by atoms with Crippen molar-refractivity contribution < 1.29 is 9.47 Å². The van der Waals surface area contributed by atoms with Gasteiger partial charge in [0.05, 0.1) is 26.4 Å². The minimum absolute atomic E-state index is 0.554. The first kappa shape index (κ1) is 23.4. The third-order valence-corrected chi connectivity index (χ3v) is 6.52. The Morgan fingerprint density at radius 2 is 1.56 bits per heavy atom. The molecule has 10 heteroatoms. The molecule has 1 aromatic rings. The van der Waals surface area contributed by atoms with E-state index >= 15 is 0 Å². The van der Waals surface area contributed by atoms with Gasteiger partial charge in [0, 0.05) is 58.4 Å². The third-order valence-electron chi connectivity index (χ3n) is 6.27. The van der Waals surface area contributed by atoms with Crippen LogP contribution in [0.15, 0.2) is 6.07 Å². The molecule has 0 radical (unpaired) electrons. The van der Waals surface area contributed by atoms with Gasteiger partial charge in [-0.3, -0.25) is 4.90 Å². The molecule has 0 spiro atoms. The molecule has 32 heavy (non-hydrogen) atoms. The van der Waals surface area contributed by atoms with E-state index in [1.807, 2.05) is 0 Å². The number of morpholine rings is 2. The Hall–Kier alpha value is -1.75. The van der Waals surface area contributed by atoms with Crippen molar-refractivity contribution in [1.29, 1.82) is 0 Å². The standard InChI is InChI=1S/C22H37N7O2S/c1-17-13-18(2)16-29(15-17)20-14-19(28-7-11-31-12-8-28)24-21(25-20)26-22(32)23-3-4-27-5-9-30-10-6-27/h14,17-18H,3-13,15-16H2,1-2H3,(H2,23,24,25,26,32). The lowest BCUT2D eigenvalue weighted by atomic mass is 9.92.